The van der Waals surface area contributed by atoms with E-state index >= 15 is 0 Å². The van der Waals surface area contributed by atoms with Crippen molar-refractivity contribution in [1.29, 1.82) is 0 Å². The number of likely N-dealkylation sites (tertiary alicyclic amines) is 1. The van der Waals surface area contributed by atoms with Crippen molar-refractivity contribution < 1.29 is 4.79 Å². The van der Waals surface area contributed by atoms with Gasteiger partial charge in [-0.05, 0) is 50.6 Å². The first kappa shape index (κ1) is 21.6. The molecular formula is C16H28Cl2N4OS. The molecule has 1 atom stereocenters. The van der Waals surface area contributed by atoms with Crippen LogP contribution in [-0.2, 0) is 11.3 Å². The number of carbonyl (C=O) groups excluding carboxylic acids is 1. The quantitative estimate of drug-likeness (QED) is 0.745. The van der Waals surface area contributed by atoms with Gasteiger partial charge in [0.2, 0.25) is 5.91 Å². The van der Waals surface area contributed by atoms with E-state index < -0.39 is 0 Å². The van der Waals surface area contributed by atoms with Crippen LogP contribution in [-0.4, -0.2) is 42.0 Å². The lowest BCUT2D eigenvalue weighted by atomic mass is 10.0. The van der Waals surface area contributed by atoms with E-state index in [-0.39, 0.29) is 30.7 Å². The number of nitrogens with one attached hydrogen (secondary N) is 2. The third kappa shape index (κ3) is 7.23. The Kier molecular flexibility index (Phi) is 9.52. The summed E-state index contributed by atoms with van der Waals surface area (Å²) in [6.07, 6.45) is 5.23. The first-order valence-electron chi connectivity index (χ1n) is 8.36. The number of hydrogen-bond donors (Lipinski definition) is 2. The minimum Gasteiger partial charge on any atom is -0.308 e. The molecule has 3 rings (SSSR count). The zero-order chi connectivity index (χ0) is 15.4. The summed E-state index contributed by atoms with van der Waals surface area (Å²) in [5.41, 5.74) is 1.07. The maximum absolute atomic E-state index is 11.8. The highest BCUT2D eigenvalue weighted by Gasteiger charge is 2.21. The van der Waals surface area contributed by atoms with Crippen LogP contribution in [0.2, 0.25) is 0 Å². The van der Waals surface area contributed by atoms with Gasteiger partial charge in [0.15, 0.2) is 5.13 Å². The number of amides is 1. The van der Waals surface area contributed by atoms with Gasteiger partial charge in [-0.3, -0.25) is 9.69 Å². The molecule has 2 heterocycles. The van der Waals surface area contributed by atoms with Crippen LogP contribution in [0.15, 0.2) is 5.38 Å². The van der Waals surface area contributed by atoms with Gasteiger partial charge in [-0.15, -0.1) is 36.2 Å². The number of halogens is 2. The Morgan fingerprint density at radius 3 is 2.88 bits per heavy atom. The molecule has 2 fully saturated rings. The minimum atomic E-state index is 0. The lowest BCUT2D eigenvalue weighted by molar-refractivity contribution is -0.115. The molecule has 24 heavy (non-hydrogen) atoms. The molecule has 5 nitrogen and oxygen atoms in total. The second kappa shape index (κ2) is 10.6. The average Bonchev–Trinajstić information content (AvgIpc) is 3.20. The zero-order valence-corrected chi connectivity index (χ0v) is 16.6. The summed E-state index contributed by atoms with van der Waals surface area (Å²) in [6.45, 7) is 6.88. The summed E-state index contributed by atoms with van der Waals surface area (Å²) in [5.74, 6) is 1.59. The van der Waals surface area contributed by atoms with Crippen LogP contribution < -0.4 is 10.6 Å². The van der Waals surface area contributed by atoms with Crippen molar-refractivity contribution in [2.24, 2.45) is 11.8 Å². The number of nitrogens with zero attached hydrogens (tertiary/aromatic N) is 2. The number of hydrogen-bond acceptors (Lipinski definition) is 5. The first-order valence-corrected chi connectivity index (χ1v) is 9.24. The largest absolute Gasteiger partial charge is 0.308 e. The van der Waals surface area contributed by atoms with E-state index in [0.29, 0.717) is 6.54 Å². The van der Waals surface area contributed by atoms with Gasteiger partial charge in [-0.25, -0.2) is 4.98 Å². The molecule has 0 spiro atoms. The van der Waals surface area contributed by atoms with Crippen molar-refractivity contribution in [2.75, 3.05) is 31.5 Å². The van der Waals surface area contributed by atoms with Crippen LogP contribution in [0, 0.1) is 11.8 Å². The normalized spacial score (nSPS) is 20.8. The van der Waals surface area contributed by atoms with Crippen LogP contribution in [0.4, 0.5) is 5.13 Å². The molecule has 0 aromatic carbocycles. The molecular weight excluding hydrogens is 367 g/mol. The van der Waals surface area contributed by atoms with E-state index in [1.165, 1.54) is 37.0 Å². The van der Waals surface area contributed by atoms with Crippen molar-refractivity contribution in [3.8, 4) is 0 Å². The lowest BCUT2D eigenvalue weighted by Crippen LogP contribution is -2.33. The van der Waals surface area contributed by atoms with Crippen LogP contribution in [0.5, 0.6) is 0 Å². The highest BCUT2D eigenvalue weighted by Crippen LogP contribution is 2.27. The molecule has 0 bridgehead atoms. The standard InChI is InChI=1S/C16H26N4OS.2ClH/c1-12-3-2-6-20(9-12)10-14-11-22-16(18-14)19-15(21)8-17-7-13-4-5-13;;/h11-13,17H,2-10H2,1H3,(H,18,19,21);2*1H. The summed E-state index contributed by atoms with van der Waals surface area (Å²) < 4.78 is 0. The molecule has 1 saturated heterocycles. The Labute approximate surface area is 160 Å². The molecule has 138 valence electrons. The van der Waals surface area contributed by atoms with Crippen molar-refractivity contribution in [3.63, 3.8) is 0 Å². The Balaban J connectivity index is 0.00000144. The van der Waals surface area contributed by atoms with Gasteiger partial charge < -0.3 is 10.6 Å². The van der Waals surface area contributed by atoms with E-state index in [1.54, 1.807) is 0 Å². The van der Waals surface area contributed by atoms with E-state index in [4.69, 9.17) is 0 Å². The maximum Gasteiger partial charge on any atom is 0.240 e. The summed E-state index contributed by atoms with van der Waals surface area (Å²) in [7, 11) is 0. The number of aromatic nitrogens is 1. The molecule has 1 aliphatic carbocycles. The Hall–Kier alpha value is -0.400. The fourth-order valence-corrected chi connectivity index (χ4v) is 3.69. The Morgan fingerprint density at radius 1 is 1.38 bits per heavy atom. The summed E-state index contributed by atoms with van der Waals surface area (Å²) >= 11 is 1.52. The molecule has 8 heteroatoms. The lowest BCUT2D eigenvalue weighted by Gasteiger charge is -2.30. The van der Waals surface area contributed by atoms with Crippen LogP contribution in [0.3, 0.4) is 0 Å². The molecule has 1 aromatic rings. The summed E-state index contributed by atoms with van der Waals surface area (Å²) in [6, 6.07) is 0. The van der Waals surface area contributed by atoms with Crippen LogP contribution >= 0.6 is 36.2 Å². The third-order valence-electron chi connectivity index (χ3n) is 4.34. The predicted octanol–water partition coefficient (Wildman–Crippen LogP) is 3.16. The van der Waals surface area contributed by atoms with Gasteiger partial charge in [0, 0.05) is 18.5 Å². The molecule has 2 aliphatic rings. The van der Waals surface area contributed by atoms with Crippen molar-refractivity contribution in [1.82, 2.24) is 15.2 Å². The second-order valence-corrected chi connectivity index (χ2v) is 7.61. The van der Waals surface area contributed by atoms with Crippen LogP contribution in [0.1, 0.15) is 38.3 Å². The van der Waals surface area contributed by atoms with Crippen molar-refractivity contribution in [2.45, 2.75) is 39.2 Å². The second-order valence-electron chi connectivity index (χ2n) is 6.75. The first-order chi connectivity index (χ1) is 10.7. The number of anilines is 1. The van der Waals surface area contributed by atoms with Crippen LogP contribution in [0.25, 0.3) is 0 Å². The number of rotatable bonds is 7. The smallest absolute Gasteiger partial charge is 0.240 e. The monoisotopic (exact) mass is 394 g/mol. The Bertz CT molecular complexity index is 510. The Morgan fingerprint density at radius 2 is 2.17 bits per heavy atom. The maximum atomic E-state index is 11.8. The average molecular weight is 395 g/mol. The molecule has 1 saturated carbocycles. The predicted molar refractivity (Wildman–Crippen MR) is 105 cm³/mol. The van der Waals surface area contributed by atoms with E-state index in [1.807, 2.05) is 0 Å². The fourth-order valence-electron chi connectivity index (χ4n) is 2.97. The van der Waals surface area contributed by atoms with Gasteiger partial charge >= 0.3 is 0 Å². The molecule has 0 radical (unpaired) electrons. The third-order valence-corrected chi connectivity index (χ3v) is 5.15. The number of thiazole rings is 1. The minimum absolute atomic E-state index is 0. The van der Waals surface area contributed by atoms with Crippen molar-refractivity contribution >= 4 is 47.2 Å². The number of carbonyl (C=O) groups is 1. The van der Waals surface area contributed by atoms with Gasteiger partial charge in [0.25, 0.3) is 0 Å². The van der Waals surface area contributed by atoms with Gasteiger partial charge in [0.05, 0.1) is 12.2 Å². The molecule has 1 aromatic heterocycles. The van der Waals surface area contributed by atoms with Gasteiger partial charge in [-0.1, -0.05) is 6.92 Å². The summed E-state index contributed by atoms with van der Waals surface area (Å²) in [5, 5.41) is 8.87. The van der Waals surface area contributed by atoms with E-state index in [9.17, 15) is 4.79 Å². The SMILES string of the molecule is CC1CCCN(Cc2csc(NC(=O)CNCC3CC3)n2)C1.Cl.Cl. The molecule has 2 N–H and O–H groups in total. The molecule has 1 amide bonds. The number of piperidine rings is 1. The fraction of sp³-hybridized carbons (Fsp3) is 0.750. The molecule has 1 unspecified atom stereocenters. The van der Waals surface area contributed by atoms with Gasteiger partial charge in [-0.2, -0.15) is 0 Å². The topological polar surface area (TPSA) is 57.3 Å². The van der Waals surface area contributed by atoms with Gasteiger partial charge in [0.1, 0.15) is 0 Å². The highest BCUT2D eigenvalue weighted by atomic mass is 35.5. The zero-order valence-electron chi connectivity index (χ0n) is 14.1. The highest BCUT2D eigenvalue weighted by molar-refractivity contribution is 7.13. The van der Waals surface area contributed by atoms with E-state index in [2.05, 4.69) is 32.8 Å². The summed E-state index contributed by atoms with van der Waals surface area (Å²) in [4.78, 5) is 18.8. The van der Waals surface area contributed by atoms with Crippen molar-refractivity contribution in [3.05, 3.63) is 11.1 Å². The van der Waals surface area contributed by atoms with E-state index in [0.717, 1.165) is 48.8 Å². The molecule has 1 aliphatic heterocycles.